The van der Waals surface area contributed by atoms with Crippen LogP contribution in [0, 0.1) is 2.88 Å². The van der Waals surface area contributed by atoms with E-state index in [2.05, 4.69) is 34.0 Å². The standard InChI is InChI=1S/C14H21IN2OS/c1-4-17(3)14(18)9(2)16-11-6-5-7-12-10(11)8-13(15)19-12/h8-9,11,16H,4-7H2,1-3H3. The molecule has 0 saturated carbocycles. The molecular formula is C14H21IN2OS. The SMILES string of the molecule is CCN(C)C(=O)C(C)NC1CCCc2sc(I)cc21. The van der Waals surface area contributed by atoms with E-state index < -0.39 is 0 Å². The highest BCUT2D eigenvalue weighted by atomic mass is 127. The average Bonchev–Trinajstić information content (AvgIpc) is 2.78. The number of fused-ring (bicyclic) bond motifs is 1. The van der Waals surface area contributed by atoms with E-state index >= 15 is 0 Å². The third-order valence-electron chi connectivity index (χ3n) is 3.76. The van der Waals surface area contributed by atoms with E-state index in [9.17, 15) is 4.79 Å². The number of likely N-dealkylation sites (N-methyl/N-ethyl adjacent to an activating group) is 1. The smallest absolute Gasteiger partial charge is 0.239 e. The predicted octanol–water partition coefficient (Wildman–Crippen LogP) is 3.19. The van der Waals surface area contributed by atoms with E-state index in [1.807, 2.05) is 32.2 Å². The lowest BCUT2D eigenvalue weighted by molar-refractivity contribution is -0.131. The van der Waals surface area contributed by atoms with Crippen LogP contribution in [0.15, 0.2) is 6.07 Å². The first-order valence-corrected chi connectivity index (χ1v) is 8.71. The molecule has 2 atom stereocenters. The van der Waals surface area contributed by atoms with Crippen LogP contribution in [0.3, 0.4) is 0 Å². The molecule has 1 amide bonds. The Kier molecular flexibility index (Phi) is 5.25. The van der Waals surface area contributed by atoms with E-state index in [0.717, 1.165) is 13.0 Å². The first kappa shape index (κ1) is 15.3. The van der Waals surface area contributed by atoms with Gasteiger partial charge in [-0.3, -0.25) is 10.1 Å². The molecule has 1 aromatic rings. The average molecular weight is 392 g/mol. The molecule has 106 valence electrons. The predicted molar refractivity (Wildman–Crippen MR) is 88.6 cm³/mol. The van der Waals surface area contributed by atoms with Crippen LogP contribution in [-0.2, 0) is 11.2 Å². The van der Waals surface area contributed by atoms with Crippen LogP contribution in [0.2, 0.25) is 0 Å². The van der Waals surface area contributed by atoms with Crippen molar-refractivity contribution in [2.24, 2.45) is 0 Å². The molecule has 1 aliphatic carbocycles. The summed E-state index contributed by atoms with van der Waals surface area (Å²) in [5.41, 5.74) is 1.42. The Morgan fingerprint density at radius 3 is 3.11 bits per heavy atom. The normalized spacial score (nSPS) is 19.9. The summed E-state index contributed by atoms with van der Waals surface area (Å²) in [6.45, 7) is 4.74. The minimum atomic E-state index is -0.113. The molecular weight excluding hydrogens is 371 g/mol. The van der Waals surface area contributed by atoms with Crippen LogP contribution in [0.5, 0.6) is 0 Å². The van der Waals surface area contributed by atoms with Crippen molar-refractivity contribution in [3.8, 4) is 0 Å². The summed E-state index contributed by atoms with van der Waals surface area (Å²) in [5.74, 6) is 0.180. The summed E-state index contributed by atoms with van der Waals surface area (Å²) in [6, 6.07) is 2.50. The molecule has 0 aromatic carbocycles. The van der Waals surface area contributed by atoms with Crippen molar-refractivity contribution in [1.29, 1.82) is 0 Å². The van der Waals surface area contributed by atoms with Crippen molar-refractivity contribution in [2.75, 3.05) is 13.6 Å². The second-order valence-corrected chi connectivity index (χ2v) is 8.15. The number of amides is 1. The zero-order chi connectivity index (χ0) is 14.0. The molecule has 0 bridgehead atoms. The molecule has 0 radical (unpaired) electrons. The van der Waals surface area contributed by atoms with Crippen LogP contribution >= 0.6 is 33.9 Å². The Morgan fingerprint density at radius 2 is 2.42 bits per heavy atom. The van der Waals surface area contributed by atoms with E-state index in [1.165, 1.54) is 26.2 Å². The van der Waals surface area contributed by atoms with Gasteiger partial charge in [-0.05, 0) is 67.3 Å². The third kappa shape index (κ3) is 3.49. The van der Waals surface area contributed by atoms with Crippen molar-refractivity contribution < 1.29 is 4.79 Å². The summed E-state index contributed by atoms with van der Waals surface area (Å²) in [5, 5.41) is 3.52. The first-order valence-electron chi connectivity index (χ1n) is 6.82. The van der Waals surface area contributed by atoms with E-state index in [1.54, 1.807) is 4.90 Å². The molecule has 0 aliphatic heterocycles. The number of thiophene rings is 1. The second kappa shape index (κ2) is 6.54. The number of rotatable bonds is 4. The number of aryl methyl sites for hydroxylation is 1. The lowest BCUT2D eigenvalue weighted by atomic mass is 9.93. The van der Waals surface area contributed by atoms with E-state index in [4.69, 9.17) is 0 Å². The molecule has 2 rings (SSSR count). The Hall–Kier alpha value is -0.140. The largest absolute Gasteiger partial charge is 0.345 e. The second-order valence-electron chi connectivity index (χ2n) is 5.11. The fourth-order valence-electron chi connectivity index (χ4n) is 2.55. The summed E-state index contributed by atoms with van der Waals surface area (Å²) in [7, 11) is 1.86. The van der Waals surface area contributed by atoms with Crippen molar-refractivity contribution in [3.63, 3.8) is 0 Å². The topological polar surface area (TPSA) is 32.3 Å². The molecule has 5 heteroatoms. The van der Waals surface area contributed by atoms with Gasteiger partial charge in [-0.25, -0.2) is 0 Å². The van der Waals surface area contributed by atoms with Gasteiger partial charge in [-0.1, -0.05) is 0 Å². The molecule has 1 aliphatic rings. The summed E-state index contributed by atoms with van der Waals surface area (Å²) in [4.78, 5) is 15.4. The van der Waals surface area contributed by atoms with E-state index in [-0.39, 0.29) is 11.9 Å². The van der Waals surface area contributed by atoms with Crippen LogP contribution in [0.4, 0.5) is 0 Å². The maximum Gasteiger partial charge on any atom is 0.239 e. The summed E-state index contributed by atoms with van der Waals surface area (Å²) >= 11 is 4.28. The molecule has 19 heavy (non-hydrogen) atoms. The fraction of sp³-hybridized carbons (Fsp3) is 0.643. The molecule has 1 heterocycles. The molecule has 2 unspecified atom stereocenters. The van der Waals surface area contributed by atoms with Gasteiger partial charge >= 0.3 is 0 Å². The molecule has 1 N–H and O–H groups in total. The van der Waals surface area contributed by atoms with Gasteiger partial charge < -0.3 is 4.90 Å². The molecule has 1 aromatic heterocycles. The monoisotopic (exact) mass is 392 g/mol. The maximum atomic E-state index is 12.1. The van der Waals surface area contributed by atoms with Crippen LogP contribution in [0.1, 0.15) is 43.2 Å². The van der Waals surface area contributed by atoms with Gasteiger partial charge in [0.1, 0.15) is 0 Å². The minimum Gasteiger partial charge on any atom is -0.345 e. The van der Waals surface area contributed by atoms with Gasteiger partial charge in [0.25, 0.3) is 0 Å². The van der Waals surface area contributed by atoms with E-state index in [0.29, 0.717) is 6.04 Å². The zero-order valence-electron chi connectivity index (χ0n) is 11.7. The highest BCUT2D eigenvalue weighted by Gasteiger charge is 2.26. The Balaban J connectivity index is 2.06. The van der Waals surface area contributed by atoms with Gasteiger partial charge in [0.2, 0.25) is 5.91 Å². The van der Waals surface area contributed by atoms with Crippen molar-refractivity contribution in [1.82, 2.24) is 10.2 Å². The molecule has 3 nitrogen and oxygen atoms in total. The minimum absolute atomic E-state index is 0.113. The van der Waals surface area contributed by atoms with Gasteiger partial charge in [0, 0.05) is 24.5 Å². The van der Waals surface area contributed by atoms with Gasteiger partial charge in [-0.2, -0.15) is 0 Å². The lowest BCUT2D eigenvalue weighted by Gasteiger charge is -2.28. The highest BCUT2D eigenvalue weighted by molar-refractivity contribution is 14.1. The number of hydrogen-bond acceptors (Lipinski definition) is 3. The summed E-state index contributed by atoms with van der Waals surface area (Å²) < 4.78 is 1.35. The first-order chi connectivity index (χ1) is 9.02. The number of nitrogens with one attached hydrogen (secondary N) is 1. The fourth-order valence-corrected chi connectivity index (χ4v) is 4.67. The number of nitrogens with zero attached hydrogens (tertiary/aromatic N) is 1. The van der Waals surface area contributed by atoms with Gasteiger partial charge in [-0.15, -0.1) is 11.3 Å². The van der Waals surface area contributed by atoms with Gasteiger partial charge in [0.15, 0.2) is 0 Å². The molecule has 0 fully saturated rings. The summed E-state index contributed by atoms with van der Waals surface area (Å²) in [6.07, 6.45) is 3.54. The Morgan fingerprint density at radius 1 is 1.68 bits per heavy atom. The van der Waals surface area contributed by atoms with Crippen molar-refractivity contribution in [2.45, 2.75) is 45.2 Å². The highest BCUT2D eigenvalue weighted by Crippen LogP contribution is 2.36. The van der Waals surface area contributed by atoms with Crippen molar-refractivity contribution >= 4 is 39.8 Å². The van der Waals surface area contributed by atoms with Gasteiger partial charge in [0.05, 0.1) is 8.93 Å². The number of carbonyl (C=O) groups is 1. The Labute approximate surface area is 132 Å². The maximum absolute atomic E-state index is 12.1. The van der Waals surface area contributed by atoms with Crippen LogP contribution < -0.4 is 5.32 Å². The number of hydrogen-bond donors (Lipinski definition) is 1. The number of halogens is 1. The number of carbonyl (C=O) groups excluding carboxylic acids is 1. The molecule has 0 spiro atoms. The molecule has 0 saturated heterocycles. The Bertz CT molecular complexity index is 460. The third-order valence-corrected chi connectivity index (χ3v) is 5.73. The zero-order valence-corrected chi connectivity index (χ0v) is 14.7. The van der Waals surface area contributed by atoms with Crippen LogP contribution in [0.25, 0.3) is 0 Å². The lowest BCUT2D eigenvalue weighted by Crippen LogP contribution is -2.44. The van der Waals surface area contributed by atoms with Crippen LogP contribution in [-0.4, -0.2) is 30.4 Å². The van der Waals surface area contributed by atoms with Crippen molar-refractivity contribution in [3.05, 3.63) is 19.4 Å². The quantitative estimate of drug-likeness (QED) is 0.799.